The van der Waals surface area contributed by atoms with Gasteiger partial charge in [-0.05, 0) is 30.9 Å². The number of likely N-dealkylation sites (tertiary alicyclic amines) is 1. The van der Waals surface area contributed by atoms with Gasteiger partial charge < -0.3 is 9.88 Å². The Kier molecular flexibility index (Phi) is 3.99. The normalized spacial score (nSPS) is 17.5. The van der Waals surface area contributed by atoms with Gasteiger partial charge >= 0.3 is 0 Å². The molecule has 1 amide bonds. The first-order chi connectivity index (χ1) is 11.8. The molecule has 0 saturated carbocycles. The summed E-state index contributed by atoms with van der Waals surface area (Å²) in [6, 6.07) is 8.29. The van der Waals surface area contributed by atoms with Gasteiger partial charge in [0.2, 0.25) is 5.91 Å². The van der Waals surface area contributed by atoms with E-state index in [1.165, 1.54) is 10.9 Å². The van der Waals surface area contributed by atoms with Crippen LogP contribution in [0.2, 0.25) is 0 Å². The van der Waals surface area contributed by atoms with Gasteiger partial charge in [0, 0.05) is 42.5 Å². The number of benzene rings is 1. The highest BCUT2D eigenvalue weighted by Crippen LogP contribution is 2.31. The van der Waals surface area contributed by atoms with Crippen LogP contribution in [0.25, 0.3) is 10.9 Å². The molecule has 0 unspecified atom stereocenters. The number of amides is 1. The van der Waals surface area contributed by atoms with Crippen LogP contribution in [-0.2, 0) is 11.2 Å². The standard InChI is InChI=1S/C19H20N4O/c24-19(8-7-14-12-22-16-5-2-1-4-15(14)16)23-11-3-6-18(23)17-13-20-9-10-21-17/h1-2,4-5,9-10,12-13,18,22H,3,6-8,11H2/t18-/m1/s1. The average Bonchev–Trinajstić information content (AvgIpc) is 3.28. The molecular formula is C19H20N4O. The SMILES string of the molecule is O=C(CCc1c[nH]c2ccccc12)N1CCC[C@@H]1c1cnccn1. The number of aryl methyl sites for hydroxylation is 1. The number of hydrogen-bond donors (Lipinski definition) is 1. The van der Waals surface area contributed by atoms with E-state index in [9.17, 15) is 4.79 Å². The van der Waals surface area contributed by atoms with Gasteiger partial charge in [0.05, 0.1) is 17.9 Å². The summed E-state index contributed by atoms with van der Waals surface area (Å²) in [5, 5.41) is 1.21. The number of carbonyl (C=O) groups excluding carboxylic acids is 1. The van der Waals surface area contributed by atoms with Crippen LogP contribution in [0.15, 0.2) is 49.1 Å². The smallest absolute Gasteiger partial charge is 0.223 e. The number of fused-ring (bicyclic) bond motifs is 1. The van der Waals surface area contributed by atoms with E-state index in [1.807, 2.05) is 23.2 Å². The highest BCUT2D eigenvalue weighted by atomic mass is 16.2. The predicted octanol–water partition coefficient (Wildman–Crippen LogP) is 3.25. The zero-order valence-corrected chi connectivity index (χ0v) is 13.5. The van der Waals surface area contributed by atoms with Gasteiger partial charge in [0.15, 0.2) is 0 Å². The molecule has 1 fully saturated rings. The van der Waals surface area contributed by atoms with Crippen LogP contribution in [0.1, 0.15) is 36.6 Å². The molecule has 0 bridgehead atoms. The summed E-state index contributed by atoms with van der Waals surface area (Å²) in [6.07, 6.45) is 10.4. The molecule has 1 aliphatic heterocycles. The lowest BCUT2D eigenvalue weighted by Crippen LogP contribution is -2.31. The summed E-state index contributed by atoms with van der Waals surface area (Å²) in [6.45, 7) is 0.813. The Bertz CT molecular complexity index is 843. The molecule has 0 radical (unpaired) electrons. The molecule has 1 N–H and O–H groups in total. The second-order valence-corrected chi connectivity index (χ2v) is 6.23. The van der Waals surface area contributed by atoms with Crippen molar-refractivity contribution >= 4 is 16.8 Å². The van der Waals surface area contributed by atoms with Crippen molar-refractivity contribution in [2.45, 2.75) is 31.7 Å². The van der Waals surface area contributed by atoms with E-state index in [0.717, 1.165) is 37.0 Å². The van der Waals surface area contributed by atoms with E-state index in [4.69, 9.17) is 0 Å². The van der Waals surface area contributed by atoms with E-state index in [1.54, 1.807) is 18.6 Å². The number of hydrogen-bond acceptors (Lipinski definition) is 3. The lowest BCUT2D eigenvalue weighted by Gasteiger charge is -2.24. The number of aromatic nitrogens is 3. The lowest BCUT2D eigenvalue weighted by atomic mass is 10.1. The number of H-pyrrole nitrogens is 1. The summed E-state index contributed by atoms with van der Waals surface area (Å²) < 4.78 is 0. The topological polar surface area (TPSA) is 61.9 Å². The van der Waals surface area contributed by atoms with E-state index in [2.05, 4.69) is 27.1 Å². The van der Waals surface area contributed by atoms with Gasteiger partial charge in [0.1, 0.15) is 0 Å². The van der Waals surface area contributed by atoms with Gasteiger partial charge in [-0.1, -0.05) is 18.2 Å². The van der Waals surface area contributed by atoms with Crippen LogP contribution >= 0.6 is 0 Å². The molecule has 1 aliphatic rings. The summed E-state index contributed by atoms with van der Waals surface area (Å²) in [7, 11) is 0. The van der Waals surface area contributed by atoms with Crippen molar-refractivity contribution < 1.29 is 4.79 Å². The monoisotopic (exact) mass is 320 g/mol. The molecule has 4 rings (SSSR count). The lowest BCUT2D eigenvalue weighted by molar-refractivity contribution is -0.132. The molecule has 1 atom stereocenters. The van der Waals surface area contributed by atoms with Crippen LogP contribution in [0.5, 0.6) is 0 Å². The fourth-order valence-electron chi connectivity index (χ4n) is 3.58. The van der Waals surface area contributed by atoms with Gasteiger partial charge in [0.25, 0.3) is 0 Å². The second-order valence-electron chi connectivity index (χ2n) is 6.23. The Morgan fingerprint density at radius 3 is 3.08 bits per heavy atom. The minimum atomic E-state index is 0.0779. The number of nitrogens with zero attached hydrogens (tertiary/aromatic N) is 3. The maximum atomic E-state index is 12.7. The third-order valence-corrected chi connectivity index (χ3v) is 4.78. The Morgan fingerprint density at radius 2 is 2.21 bits per heavy atom. The largest absolute Gasteiger partial charge is 0.361 e. The Labute approximate surface area is 140 Å². The Hall–Kier alpha value is -2.69. The molecule has 0 spiro atoms. The fourth-order valence-corrected chi connectivity index (χ4v) is 3.58. The number of aromatic amines is 1. The molecule has 122 valence electrons. The van der Waals surface area contributed by atoms with Crippen molar-refractivity contribution in [1.82, 2.24) is 19.9 Å². The van der Waals surface area contributed by atoms with Crippen molar-refractivity contribution in [2.75, 3.05) is 6.54 Å². The Morgan fingerprint density at radius 1 is 1.29 bits per heavy atom. The van der Waals surface area contributed by atoms with Crippen molar-refractivity contribution in [3.8, 4) is 0 Å². The third-order valence-electron chi connectivity index (χ3n) is 4.78. The quantitative estimate of drug-likeness (QED) is 0.802. The van der Waals surface area contributed by atoms with E-state index in [-0.39, 0.29) is 11.9 Å². The zero-order chi connectivity index (χ0) is 16.4. The minimum absolute atomic E-state index is 0.0779. The number of rotatable bonds is 4. The van der Waals surface area contributed by atoms with E-state index >= 15 is 0 Å². The molecule has 1 aromatic carbocycles. The van der Waals surface area contributed by atoms with Crippen molar-refractivity contribution in [3.05, 3.63) is 60.3 Å². The molecular weight excluding hydrogens is 300 g/mol. The van der Waals surface area contributed by atoms with Gasteiger partial charge in [-0.2, -0.15) is 0 Å². The van der Waals surface area contributed by atoms with Gasteiger partial charge in [-0.15, -0.1) is 0 Å². The molecule has 1 saturated heterocycles. The summed E-state index contributed by atoms with van der Waals surface area (Å²) in [4.78, 5) is 26.5. The maximum absolute atomic E-state index is 12.7. The fraction of sp³-hybridized carbons (Fsp3) is 0.316. The molecule has 5 nitrogen and oxygen atoms in total. The van der Waals surface area contributed by atoms with Crippen LogP contribution in [0, 0.1) is 0 Å². The van der Waals surface area contributed by atoms with Gasteiger partial charge in [-0.25, -0.2) is 0 Å². The molecule has 3 heterocycles. The van der Waals surface area contributed by atoms with E-state index in [0.29, 0.717) is 6.42 Å². The number of carbonyl (C=O) groups is 1. The molecule has 24 heavy (non-hydrogen) atoms. The minimum Gasteiger partial charge on any atom is -0.361 e. The molecule has 5 heteroatoms. The highest BCUT2D eigenvalue weighted by molar-refractivity contribution is 5.84. The zero-order valence-electron chi connectivity index (χ0n) is 13.5. The van der Waals surface area contributed by atoms with E-state index < -0.39 is 0 Å². The first-order valence-corrected chi connectivity index (χ1v) is 8.43. The van der Waals surface area contributed by atoms with Crippen LogP contribution in [0.3, 0.4) is 0 Å². The molecule has 3 aromatic rings. The van der Waals surface area contributed by atoms with Crippen LogP contribution in [-0.4, -0.2) is 32.3 Å². The first kappa shape index (κ1) is 14.9. The van der Waals surface area contributed by atoms with Crippen molar-refractivity contribution in [3.63, 3.8) is 0 Å². The van der Waals surface area contributed by atoms with Gasteiger partial charge in [-0.3, -0.25) is 14.8 Å². The summed E-state index contributed by atoms with van der Waals surface area (Å²) in [5.74, 6) is 0.202. The highest BCUT2D eigenvalue weighted by Gasteiger charge is 2.30. The third kappa shape index (κ3) is 2.77. The number of para-hydroxylation sites is 1. The molecule has 0 aliphatic carbocycles. The predicted molar refractivity (Wildman–Crippen MR) is 92.3 cm³/mol. The average molecular weight is 320 g/mol. The van der Waals surface area contributed by atoms with Crippen molar-refractivity contribution in [1.29, 1.82) is 0 Å². The number of nitrogens with one attached hydrogen (secondary N) is 1. The van der Waals surface area contributed by atoms with Crippen molar-refractivity contribution in [2.24, 2.45) is 0 Å². The van der Waals surface area contributed by atoms with Crippen LogP contribution < -0.4 is 0 Å². The first-order valence-electron chi connectivity index (χ1n) is 8.43. The van der Waals surface area contributed by atoms with Crippen LogP contribution in [0.4, 0.5) is 0 Å². The summed E-state index contributed by atoms with van der Waals surface area (Å²) >= 11 is 0. The maximum Gasteiger partial charge on any atom is 0.223 e. The molecule has 2 aromatic heterocycles. The second kappa shape index (κ2) is 6.43. The Balaban J connectivity index is 1.46. The summed E-state index contributed by atoms with van der Waals surface area (Å²) in [5.41, 5.74) is 3.23.